The normalized spacial score (nSPS) is 21.2. The van der Waals surface area contributed by atoms with E-state index >= 15 is 0 Å². The van der Waals surface area contributed by atoms with Crippen molar-refractivity contribution in [3.05, 3.63) is 0 Å². The summed E-state index contributed by atoms with van der Waals surface area (Å²) in [7, 11) is 0. The van der Waals surface area contributed by atoms with Crippen molar-refractivity contribution in [2.45, 2.75) is 46.1 Å². The van der Waals surface area contributed by atoms with Gasteiger partial charge in [-0.2, -0.15) is 0 Å². The summed E-state index contributed by atoms with van der Waals surface area (Å²) in [5, 5.41) is 0. The van der Waals surface area contributed by atoms with E-state index in [0.29, 0.717) is 12.0 Å². The van der Waals surface area contributed by atoms with Gasteiger partial charge in [-0.25, -0.2) is 0 Å². The topological polar surface area (TPSA) is 29.3 Å². The standard InChI is InChI=1S/C12H26N2/c1-4-10(3)12(13)9-14(5-2)8-11-6-7-11/h10-12H,4-9,13H2,1-3H3. The van der Waals surface area contributed by atoms with Crippen molar-refractivity contribution in [2.75, 3.05) is 19.6 Å². The van der Waals surface area contributed by atoms with Gasteiger partial charge in [0.05, 0.1) is 0 Å². The van der Waals surface area contributed by atoms with E-state index in [1.54, 1.807) is 0 Å². The predicted molar refractivity (Wildman–Crippen MR) is 62.3 cm³/mol. The van der Waals surface area contributed by atoms with Crippen LogP contribution in [0.3, 0.4) is 0 Å². The van der Waals surface area contributed by atoms with Crippen LogP contribution in [0.4, 0.5) is 0 Å². The summed E-state index contributed by atoms with van der Waals surface area (Å²) in [4.78, 5) is 2.52. The smallest absolute Gasteiger partial charge is 0.0193 e. The van der Waals surface area contributed by atoms with Crippen LogP contribution < -0.4 is 5.73 Å². The van der Waals surface area contributed by atoms with E-state index in [2.05, 4.69) is 25.7 Å². The summed E-state index contributed by atoms with van der Waals surface area (Å²) in [5.41, 5.74) is 6.16. The highest BCUT2D eigenvalue weighted by atomic mass is 15.1. The molecule has 2 heteroatoms. The van der Waals surface area contributed by atoms with Gasteiger partial charge in [0.25, 0.3) is 0 Å². The van der Waals surface area contributed by atoms with Crippen LogP contribution in [0.15, 0.2) is 0 Å². The third-order valence-electron chi connectivity index (χ3n) is 3.50. The van der Waals surface area contributed by atoms with Gasteiger partial charge in [0.2, 0.25) is 0 Å². The van der Waals surface area contributed by atoms with Crippen LogP contribution in [-0.2, 0) is 0 Å². The van der Waals surface area contributed by atoms with Crippen LogP contribution in [-0.4, -0.2) is 30.6 Å². The molecule has 0 radical (unpaired) electrons. The lowest BCUT2D eigenvalue weighted by Crippen LogP contribution is -2.42. The lowest BCUT2D eigenvalue weighted by molar-refractivity contribution is 0.234. The molecule has 1 aliphatic rings. The van der Waals surface area contributed by atoms with E-state index in [4.69, 9.17) is 5.73 Å². The van der Waals surface area contributed by atoms with Gasteiger partial charge >= 0.3 is 0 Å². The second kappa shape index (κ2) is 5.72. The molecule has 0 aliphatic heterocycles. The first-order chi connectivity index (χ1) is 6.67. The van der Waals surface area contributed by atoms with E-state index in [1.165, 1.54) is 25.8 Å². The van der Waals surface area contributed by atoms with Gasteiger partial charge in [-0.3, -0.25) is 0 Å². The second-order valence-electron chi connectivity index (χ2n) is 4.84. The average molecular weight is 198 g/mol. The van der Waals surface area contributed by atoms with Crippen molar-refractivity contribution in [1.29, 1.82) is 0 Å². The SMILES string of the molecule is CCC(C)C(N)CN(CC)CC1CC1. The Morgan fingerprint density at radius 1 is 1.36 bits per heavy atom. The van der Waals surface area contributed by atoms with Gasteiger partial charge in [-0.15, -0.1) is 0 Å². The fourth-order valence-corrected chi connectivity index (χ4v) is 1.78. The third-order valence-corrected chi connectivity index (χ3v) is 3.50. The highest BCUT2D eigenvalue weighted by Gasteiger charge is 2.24. The van der Waals surface area contributed by atoms with Crippen LogP contribution in [0.1, 0.15) is 40.0 Å². The lowest BCUT2D eigenvalue weighted by atomic mass is 9.99. The Morgan fingerprint density at radius 2 is 2.00 bits per heavy atom. The van der Waals surface area contributed by atoms with Crippen molar-refractivity contribution in [2.24, 2.45) is 17.6 Å². The number of nitrogens with zero attached hydrogens (tertiary/aromatic N) is 1. The molecule has 1 fully saturated rings. The van der Waals surface area contributed by atoms with Gasteiger partial charge in [-0.05, 0) is 31.2 Å². The van der Waals surface area contributed by atoms with E-state index in [-0.39, 0.29) is 0 Å². The molecule has 0 saturated heterocycles. The van der Waals surface area contributed by atoms with E-state index in [1.807, 2.05) is 0 Å². The summed E-state index contributed by atoms with van der Waals surface area (Å²) in [6.45, 7) is 10.2. The molecule has 0 aromatic heterocycles. The minimum Gasteiger partial charge on any atom is -0.326 e. The van der Waals surface area contributed by atoms with E-state index < -0.39 is 0 Å². The molecule has 1 saturated carbocycles. The summed E-state index contributed by atoms with van der Waals surface area (Å²) in [5.74, 6) is 1.64. The lowest BCUT2D eigenvalue weighted by Gasteiger charge is -2.27. The van der Waals surface area contributed by atoms with Gasteiger partial charge in [0.15, 0.2) is 0 Å². The zero-order valence-electron chi connectivity index (χ0n) is 10.00. The highest BCUT2D eigenvalue weighted by molar-refractivity contribution is 4.80. The largest absolute Gasteiger partial charge is 0.326 e. The number of hydrogen-bond donors (Lipinski definition) is 1. The molecule has 14 heavy (non-hydrogen) atoms. The molecule has 0 aromatic carbocycles. The molecule has 0 aromatic rings. The predicted octanol–water partition coefficient (Wildman–Crippen LogP) is 2.09. The molecule has 2 nitrogen and oxygen atoms in total. The molecular weight excluding hydrogens is 172 g/mol. The molecular formula is C12H26N2. The molecule has 0 heterocycles. The Morgan fingerprint density at radius 3 is 2.43 bits per heavy atom. The Balaban J connectivity index is 2.23. The number of hydrogen-bond acceptors (Lipinski definition) is 2. The molecule has 84 valence electrons. The van der Waals surface area contributed by atoms with Crippen molar-refractivity contribution in [3.63, 3.8) is 0 Å². The van der Waals surface area contributed by atoms with Crippen LogP contribution in [0.5, 0.6) is 0 Å². The molecule has 2 atom stereocenters. The summed E-state index contributed by atoms with van der Waals surface area (Å²) in [6, 6.07) is 0.360. The third kappa shape index (κ3) is 3.97. The van der Waals surface area contributed by atoms with Gasteiger partial charge in [0.1, 0.15) is 0 Å². The van der Waals surface area contributed by atoms with E-state index in [9.17, 15) is 0 Å². The fourth-order valence-electron chi connectivity index (χ4n) is 1.78. The van der Waals surface area contributed by atoms with Gasteiger partial charge < -0.3 is 10.6 Å². The van der Waals surface area contributed by atoms with Crippen molar-refractivity contribution < 1.29 is 0 Å². The Kier molecular flexibility index (Phi) is 4.90. The molecule has 0 amide bonds. The molecule has 0 bridgehead atoms. The minimum atomic E-state index is 0.360. The average Bonchev–Trinajstić information content (AvgIpc) is 2.99. The summed E-state index contributed by atoms with van der Waals surface area (Å²) in [6.07, 6.45) is 4.08. The van der Waals surface area contributed by atoms with Crippen LogP contribution in [0, 0.1) is 11.8 Å². The zero-order chi connectivity index (χ0) is 10.6. The monoisotopic (exact) mass is 198 g/mol. The van der Waals surface area contributed by atoms with Crippen LogP contribution in [0.25, 0.3) is 0 Å². The van der Waals surface area contributed by atoms with Crippen molar-refractivity contribution in [3.8, 4) is 0 Å². The maximum atomic E-state index is 6.16. The van der Waals surface area contributed by atoms with Crippen molar-refractivity contribution in [1.82, 2.24) is 4.90 Å². The van der Waals surface area contributed by atoms with Crippen molar-refractivity contribution >= 4 is 0 Å². The number of likely N-dealkylation sites (N-methyl/N-ethyl adjacent to an activating group) is 1. The maximum absolute atomic E-state index is 6.16. The first-order valence-corrected chi connectivity index (χ1v) is 6.15. The second-order valence-corrected chi connectivity index (χ2v) is 4.84. The maximum Gasteiger partial charge on any atom is 0.0193 e. The number of rotatable bonds is 7. The van der Waals surface area contributed by atoms with Crippen LogP contribution in [0.2, 0.25) is 0 Å². The summed E-state index contributed by atoms with van der Waals surface area (Å²) < 4.78 is 0. The Labute approximate surface area is 88.8 Å². The fraction of sp³-hybridized carbons (Fsp3) is 1.00. The minimum absolute atomic E-state index is 0.360. The van der Waals surface area contributed by atoms with Gasteiger partial charge in [-0.1, -0.05) is 27.2 Å². The Hall–Kier alpha value is -0.0800. The molecule has 1 rings (SSSR count). The van der Waals surface area contributed by atoms with E-state index in [0.717, 1.165) is 19.0 Å². The number of nitrogens with two attached hydrogens (primary N) is 1. The van der Waals surface area contributed by atoms with Gasteiger partial charge in [0, 0.05) is 19.1 Å². The highest BCUT2D eigenvalue weighted by Crippen LogP contribution is 2.29. The summed E-state index contributed by atoms with van der Waals surface area (Å²) >= 11 is 0. The van der Waals surface area contributed by atoms with Crippen LogP contribution >= 0.6 is 0 Å². The zero-order valence-corrected chi connectivity index (χ0v) is 10.00. The molecule has 2 N–H and O–H groups in total. The molecule has 2 unspecified atom stereocenters. The first kappa shape index (κ1) is 12.0. The molecule has 0 spiro atoms. The molecule has 1 aliphatic carbocycles. The Bertz CT molecular complexity index is 154. The first-order valence-electron chi connectivity index (χ1n) is 6.15. The quantitative estimate of drug-likeness (QED) is 0.679.